The number of nitrogens with one attached hydrogen (secondary N) is 2. The van der Waals surface area contributed by atoms with Crippen LogP contribution in [0, 0.1) is 0 Å². The number of benzene rings is 1. The third-order valence-corrected chi connectivity index (χ3v) is 7.00. The molecule has 6 nitrogen and oxygen atoms in total. The normalized spacial score (nSPS) is 15.1. The smallest absolute Gasteiger partial charge is 0.239 e. The van der Waals surface area contributed by atoms with E-state index >= 15 is 0 Å². The Hall–Kier alpha value is -2.00. The lowest BCUT2D eigenvalue weighted by Gasteiger charge is -2.29. The number of carbonyl (C=O) groups is 1. The van der Waals surface area contributed by atoms with Gasteiger partial charge in [0.2, 0.25) is 5.91 Å². The maximum Gasteiger partial charge on any atom is 0.239 e. The Balaban J connectivity index is 1.40. The van der Waals surface area contributed by atoms with E-state index in [1.54, 1.807) is 11.3 Å². The fraction of sp³-hybridized carbons (Fsp3) is 0.520. The largest absolute Gasteiger partial charge is 0.379 e. The molecule has 8 heteroatoms. The molecule has 1 aliphatic heterocycles. The molecule has 1 aromatic heterocycles. The predicted molar refractivity (Wildman–Crippen MR) is 140 cm³/mol. The van der Waals surface area contributed by atoms with Crippen LogP contribution >= 0.6 is 23.6 Å². The van der Waals surface area contributed by atoms with E-state index in [1.165, 1.54) is 10.4 Å². The second-order valence-electron chi connectivity index (χ2n) is 8.46. The van der Waals surface area contributed by atoms with Crippen LogP contribution in [0.3, 0.4) is 0 Å². The van der Waals surface area contributed by atoms with Crippen LogP contribution < -0.4 is 10.6 Å². The standard InChI is InChI=1S/C25H36N4O2S2/c1-21(10-11-22-7-3-2-4-8-22)27-24(30)19-26-25(32)29(20-23-9-5-18-33-23)13-6-12-28-14-16-31-17-15-28/h2-5,7-9,18,21H,6,10-17,19-20H2,1H3,(H,26,32)(H,27,30)/t21-/m1/s1. The Labute approximate surface area is 207 Å². The highest BCUT2D eigenvalue weighted by Gasteiger charge is 2.15. The molecular formula is C25H36N4O2S2. The van der Waals surface area contributed by atoms with E-state index in [1.807, 2.05) is 25.1 Å². The van der Waals surface area contributed by atoms with Crippen molar-refractivity contribution >= 4 is 34.6 Å². The molecule has 0 saturated carbocycles. The molecule has 0 unspecified atom stereocenters. The van der Waals surface area contributed by atoms with Crippen molar-refractivity contribution < 1.29 is 9.53 Å². The van der Waals surface area contributed by atoms with Gasteiger partial charge in [-0.05, 0) is 55.4 Å². The Bertz CT molecular complexity index is 826. The number of hydrogen-bond acceptors (Lipinski definition) is 5. The maximum absolute atomic E-state index is 12.5. The average Bonchev–Trinajstić information content (AvgIpc) is 3.35. The lowest BCUT2D eigenvalue weighted by atomic mass is 10.1. The van der Waals surface area contributed by atoms with Crippen LogP contribution in [-0.4, -0.2) is 72.8 Å². The minimum atomic E-state index is -0.0256. The van der Waals surface area contributed by atoms with E-state index in [2.05, 4.69) is 50.1 Å². The van der Waals surface area contributed by atoms with Gasteiger partial charge >= 0.3 is 0 Å². The minimum Gasteiger partial charge on any atom is -0.379 e. The summed E-state index contributed by atoms with van der Waals surface area (Å²) in [4.78, 5) is 18.3. The van der Waals surface area contributed by atoms with Gasteiger partial charge in [-0.3, -0.25) is 9.69 Å². The zero-order chi connectivity index (χ0) is 23.3. The first-order valence-corrected chi connectivity index (χ1v) is 13.1. The molecule has 0 radical (unpaired) electrons. The van der Waals surface area contributed by atoms with Crippen molar-refractivity contribution in [2.75, 3.05) is 45.9 Å². The fourth-order valence-electron chi connectivity index (χ4n) is 3.85. The van der Waals surface area contributed by atoms with Crippen molar-refractivity contribution in [1.29, 1.82) is 0 Å². The Morgan fingerprint density at radius 2 is 2.00 bits per heavy atom. The van der Waals surface area contributed by atoms with Crippen LogP contribution in [0.2, 0.25) is 0 Å². The molecule has 180 valence electrons. The maximum atomic E-state index is 12.5. The third-order valence-electron chi connectivity index (χ3n) is 5.74. The molecule has 0 aliphatic carbocycles. The van der Waals surface area contributed by atoms with Gasteiger partial charge in [0.05, 0.1) is 26.3 Å². The summed E-state index contributed by atoms with van der Waals surface area (Å²) in [6.45, 7) is 8.53. The lowest BCUT2D eigenvalue weighted by Crippen LogP contribution is -2.46. The van der Waals surface area contributed by atoms with E-state index in [-0.39, 0.29) is 18.5 Å². The molecule has 2 N–H and O–H groups in total. The number of morpholine rings is 1. The Morgan fingerprint density at radius 1 is 1.21 bits per heavy atom. The second-order valence-corrected chi connectivity index (χ2v) is 9.88. The molecule has 33 heavy (non-hydrogen) atoms. The highest BCUT2D eigenvalue weighted by atomic mass is 32.1. The van der Waals surface area contributed by atoms with Gasteiger partial charge in [0.25, 0.3) is 0 Å². The van der Waals surface area contributed by atoms with E-state index in [0.29, 0.717) is 5.11 Å². The van der Waals surface area contributed by atoms with Crippen molar-refractivity contribution in [2.45, 2.75) is 38.8 Å². The van der Waals surface area contributed by atoms with Gasteiger partial charge in [0, 0.05) is 37.1 Å². The molecule has 1 aromatic carbocycles. The van der Waals surface area contributed by atoms with Gasteiger partial charge in [-0.25, -0.2) is 0 Å². The van der Waals surface area contributed by atoms with Crippen molar-refractivity contribution in [1.82, 2.24) is 20.4 Å². The highest BCUT2D eigenvalue weighted by molar-refractivity contribution is 7.80. The summed E-state index contributed by atoms with van der Waals surface area (Å²) in [5.41, 5.74) is 1.29. The van der Waals surface area contributed by atoms with E-state index in [9.17, 15) is 4.79 Å². The summed E-state index contributed by atoms with van der Waals surface area (Å²) in [5.74, 6) is -0.0256. The van der Waals surface area contributed by atoms with Crippen LogP contribution in [0.15, 0.2) is 47.8 Å². The molecule has 1 amide bonds. The number of ether oxygens (including phenoxy) is 1. The molecule has 2 aromatic rings. The molecule has 1 aliphatic rings. The van der Waals surface area contributed by atoms with Crippen LogP contribution in [0.4, 0.5) is 0 Å². The first-order valence-electron chi connectivity index (χ1n) is 11.8. The number of hydrogen-bond donors (Lipinski definition) is 2. The van der Waals surface area contributed by atoms with Crippen molar-refractivity contribution in [2.24, 2.45) is 0 Å². The number of thiocarbonyl (C=S) groups is 1. The van der Waals surface area contributed by atoms with Gasteiger partial charge in [0.15, 0.2) is 5.11 Å². The summed E-state index contributed by atoms with van der Waals surface area (Å²) in [7, 11) is 0. The Morgan fingerprint density at radius 3 is 2.73 bits per heavy atom. The van der Waals surface area contributed by atoms with E-state index < -0.39 is 0 Å². The number of nitrogens with zero attached hydrogens (tertiary/aromatic N) is 2. The lowest BCUT2D eigenvalue weighted by molar-refractivity contribution is -0.120. The van der Waals surface area contributed by atoms with Gasteiger partial charge in [0.1, 0.15) is 0 Å². The molecule has 2 heterocycles. The second kappa shape index (κ2) is 14.3. The zero-order valence-corrected chi connectivity index (χ0v) is 21.1. The average molecular weight is 489 g/mol. The SMILES string of the molecule is C[C@H](CCc1ccccc1)NC(=O)CNC(=S)N(CCCN1CCOCC1)Cc1cccs1. The number of amides is 1. The van der Waals surface area contributed by atoms with Gasteiger partial charge in [-0.1, -0.05) is 36.4 Å². The predicted octanol–water partition coefficient (Wildman–Crippen LogP) is 3.28. The van der Waals surface area contributed by atoms with E-state index in [4.69, 9.17) is 17.0 Å². The quantitative estimate of drug-likeness (QED) is 0.447. The summed E-state index contributed by atoms with van der Waals surface area (Å²) in [6, 6.07) is 14.7. The molecule has 3 rings (SSSR count). The first-order chi connectivity index (χ1) is 16.1. The molecule has 1 atom stereocenters. The van der Waals surface area contributed by atoms with Crippen molar-refractivity contribution in [3.63, 3.8) is 0 Å². The topological polar surface area (TPSA) is 56.8 Å². The van der Waals surface area contributed by atoms with Crippen LogP contribution in [0.5, 0.6) is 0 Å². The summed E-state index contributed by atoms with van der Waals surface area (Å²) in [6.07, 6.45) is 2.88. The zero-order valence-electron chi connectivity index (χ0n) is 19.5. The minimum absolute atomic E-state index is 0.0256. The van der Waals surface area contributed by atoms with Gasteiger partial charge in [-0.2, -0.15) is 0 Å². The summed E-state index contributed by atoms with van der Waals surface area (Å²) < 4.78 is 5.44. The Kier molecular flexibility index (Phi) is 11.1. The molecule has 1 saturated heterocycles. The molecule has 0 spiro atoms. The van der Waals surface area contributed by atoms with E-state index in [0.717, 1.165) is 65.2 Å². The number of carbonyl (C=O) groups excluding carboxylic acids is 1. The monoisotopic (exact) mass is 488 g/mol. The summed E-state index contributed by atoms with van der Waals surface area (Å²) in [5, 5.41) is 8.98. The highest BCUT2D eigenvalue weighted by Crippen LogP contribution is 2.13. The van der Waals surface area contributed by atoms with Crippen LogP contribution in [-0.2, 0) is 22.5 Å². The molecular weight excluding hydrogens is 452 g/mol. The van der Waals surface area contributed by atoms with Crippen LogP contribution in [0.25, 0.3) is 0 Å². The molecule has 0 bridgehead atoms. The number of thiophene rings is 1. The number of rotatable bonds is 12. The van der Waals surface area contributed by atoms with Gasteiger partial charge in [-0.15, -0.1) is 11.3 Å². The molecule has 1 fully saturated rings. The van der Waals surface area contributed by atoms with Crippen molar-refractivity contribution in [3.8, 4) is 0 Å². The van der Waals surface area contributed by atoms with Gasteiger partial charge < -0.3 is 20.3 Å². The van der Waals surface area contributed by atoms with Crippen LogP contribution in [0.1, 0.15) is 30.2 Å². The van der Waals surface area contributed by atoms with Crippen molar-refractivity contribution in [3.05, 3.63) is 58.3 Å². The first kappa shape index (κ1) is 25.6. The fourth-order valence-corrected chi connectivity index (χ4v) is 4.79. The number of aryl methyl sites for hydroxylation is 1. The summed E-state index contributed by atoms with van der Waals surface area (Å²) >= 11 is 7.40. The third kappa shape index (κ3) is 9.80.